The van der Waals surface area contributed by atoms with Gasteiger partial charge in [-0.1, -0.05) is 44.2 Å². The highest BCUT2D eigenvalue weighted by molar-refractivity contribution is 7.80. The highest BCUT2D eigenvalue weighted by Crippen LogP contribution is 2.27. The molecule has 0 saturated heterocycles. The Morgan fingerprint density at radius 1 is 1.07 bits per heavy atom. The molecule has 1 unspecified atom stereocenters. The molecule has 0 saturated carbocycles. The van der Waals surface area contributed by atoms with Crippen molar-refractivity contribution in [2.45, 2.75) is 19.9 Å². The van der Waals surface area contributed by atoms with Gasteiger partial charge in [0.15, 0.2) is 5.11 Å². The Morgan fingerprint density at radius 2 is 1.78 bits per heavy atom. The van der Waals surface area contributed by atoms with Crippen molar-refractivity contribution >= 4 is 28.9 Å². The first-order valence-electron chi connectivity index (χ1n) is 8.79. The minimum atomic E-state index is -0.232. The monoisotopic (exact) mass is 378 g/mol. The molecule has 138 valence electrons. The number of hydrogen-bond acceptors (Lipinski definition) is 3. The summed E-state index contributed by atoms with van der Waals surface area (Å²) in [5.41, 5.74) is 2.58. The molecule has 1 heterocycles. The first-order valence-corrected chi connectivity index (χ1v) is 9.20. The number of rotatable bonds is 5. The van der Waals surface area contributed by atoms with Crippen molar-refractivity contribution in [3.63, 3.8) is 0 Å². The van der Waals surface area contributed by atoms with E-state index in [0.29, 0.717) is 11.5 Å². The summed E-state index contributed by atoms with van der Waals surface area (Å²) in [5, 5.41) is 6.01. The van der Waals surface area contributed by atoms with Crippen LogP contribution in [0.2, 0.25) is 0 Å². The Labute approximate surface area is 164 Å². The summed E-state index contributed by atoms with van der Waals surface area (Å²) in [6.07, 6.45) is 5.61. The lowest BCUT2D eigenvalue weighted by Gasteiger charge is -2.23. The molecule has 2 N–H and O–H groups in total. The van der Waals surface area contributed by atoms with Crippen LogP contribution >= 0.6 is 12.2 Å². The summed E-state index contributed by atoms with van der Waals surface area (Å²) in [5.74, 6) is 0.189. The maximum absolute atomic E-state index is 12.1. The molecule has 0 aliphatic rings. The minimum Gasteiger partial charge on any atom is -0.332 e. The van der Waals surface area contributed by atoms with Crippen LogP contribution in [-0.4, -0.2) is 20.6 Å². The fourth-order valence-corrected chi connectivity index (χ4v) is 3.24. The maximum atomic E-state index is 12.1. The van der Waals surface area contributed by atoms with E-state index in [1.807, 2.05) is 42.9 Å². The van der Waals surface area contributed by atoms with Gasteiger partial charge in [-0.2, -0.15) is 0 Å². The topological polar surface area (TPSA) is 58.9 Å². The zero-order chi connectivity index (χ0) is 19.2. The first-order chi connectivity index (χ1) is 13.0. The van der Waals surface area contributed by atoms with Crippen molar-refractivity contribution in [1.29, 1.82) is 0 Å². The minimum absolute atomic E-state index is 0.214. The molecule has 27 heavy (non-hydrogen) atoms. The van der Waals surface area contributed by atoms with Crippen molar-refractivity contribution in [3.05, 3.63) is 84.4 Å². The van der Waals surface area contributed by atoms with Gasteiger partial charge in [-0.25, -0.2) is 4.98 Å². The number of benzene rings is 2. The van der Waals surface area contributed by atoms with E-state index >= 15 is 0 Å². The molecule has 1 aromatic heterocycles. The molecule has 0 fully saturated rings. The second-order valence-corrected chi connectivity index (χ2v) is 7.00. The van der Waals surface area contributed by atoms with Crippen LogP contribution in [0.3, 0.4) is 0 Å². The molecule has 1 atom stereocenters. The van der Waals surface area contributed by atoms with E-state index in [4.69, 9.17) is 12.2 Å². The van der Waals surface area contributed by atoms with Crippen molar-refractivity contribution in [1.82, 2.24) is 14.9 Å². The number of carbonyl (C=O) groups excluding carboxylic acids is 1. The second-order valence-electron chi connectivity index (χ2n) is 6.60. The van der Waals surface area contributed by atoms with Crippen molar-refractivity contribution < 1.29 is 4.79 Å². The number of nitrogens with one attached hydrogen (secondary N) is 2. The highest BCUT2D eigenvalue weighted by Gasteiger charge is 2.17. The number of anilines is 1. The summed E-state index contributed by atoms with van der Waals surface area (Å²) in [7, 11) is 0. The zero-order valence-electron chi connectivity index (χ0n) is 15.3. The molecule has 0 radical (unpaired) electrons. The number of imidazole rings is 1. The number of carbonyl (C=O) groups is 1. The predicted molar refractivity (Wildman–Crippen MR) is 112 cm³/mol. The molecule has 0 aliphatic carbocycles. The molecule has 1 amide bonds. The van der Waals surface area contributed by atoms with Crippen LogP contribution in [0.4, 0.5) is 5.69 Å². The quantitative estimate of drug-likeness (QED) is 0.652. The molecule has 2 aromatic carbocycles. The summed E-state index contributed by atoms with van der Waals surface area (Å²) in [6, 6.07) is 17.2. The van der Waals surface area contributed by atoms with E-state index in [0.717, 1.165) is 5.69 Å². The molecule has 3 rings (SSSR count). The Balaban J connectivity index is 1.65. The average molecular weight is 379 g/mol. The zero-order valence-corrected chi connectivity index (χ0v) is 16.1. The van der Waals surface area contributed by atoms with Gasteiger partial charge in [0, 0.05) is 23.6 Å². The lowest BCUT2D eigenvalue weighted by Crippen LogP contribution is -2.34. The molecular weight excluding hydrogens is 356 g/mol. The Bertz CT molecular complexity index is 890. The highest BCUT2D eigenvalue weighted by atomic mass is 32.1. The van der Waals surface area contributed by atoms with Gasteiger partial charge in [-0.05, 0) is 48.0 Å². The van der Waals surface area contributed by atoms with E-state index in [1.165, 1.54) is 5.56 Å². The predicted octanol–water partition coefficient (Wildman–Crippen LogP) is 4.26. The van der Waals surface area contributed by atoms with E-state index in [2.05, 4.69) is 46.2 Å². The standard InChI is InChI=1S/C21H22N4OS/c1-15(2)19(25-13-12-22-14-25)16-8-10-18(11-9-16)23-21(27)24-20(26)17-6-4-3-5-7-17/h3-15,19H,1-2H3,(H2,23,24,26,27). The molecule has 0 aliphatic heterocycles. The molecular formula is C21H22N4OS. The number of thiocarbonyl (C=S) groups is 1. The summed E-state index contributed by atoms with van der Waals surface area (Å²) in [4.78, 5) is 16.3. The number of hydrogen-bond donors (Lipinski definition) is 2. The van der Waals surface area contributed by atoms with Crippen molar-refractivity contribution in [2.75, 3.05) is 5.32 Å². The third-order valence-corrected chi connectivity index (χ3v) is 4.45. The van der Waals surface area contributed by atoms with Gasteiger partial charge in [0.05, 0.1) is 12.4 Å². The molecule has 3 aromatic rings. The van der Waals surface area contributed by atoms with E-state index in [1.54, 1.807) is 18.3 Å². The largest absolute Gasteiger partial charge is 0.332 e. The van der Waals surface area contributed by atoms with Gasteiger partial charge in [-0.3, -0.25) is 10.1 Å². The van der Waals surface area contributed by atoms with Gasteiger partial charge < -0.3 is 9.88 Å². The first kappa shape index (κ1) is 18.8. The second kappa shape index (κ2) is 8.60. The van der Waals surface area contributed by atoms with Crippen LogP contribution in [0.25, 0.3) is 0 Å². The van der Waals surface area contributed by atoms with Crippen LogP contribution in [0.1, 0.15) is 35.8 Å². The SMILES string of the molecule is CC(C)C(c1ccc(NC(=S)NC(=O)c2ccccc2)cc1)n1ccnc1. The number of nitrogens with zero attached hydrogens (tertiary/aromatic N) is 2. The fourth-order valence-electron chi connectivity index (χ4n) is 3.03. The summed E-state index contributed by atoms with van der Waals surface area (Å²) >= 11 is 5.25. The van der Waals surface area contributed by atoms with Crippen LogP contribution in [0, 0.1) is 5.92 Å². The average Bonchev–Trinajstić information content (AvgIpc) is 3.18. The fraction of sp³-hybridized carbons (Fsp3) is 0.190. The van der Waals surface area contributed by atoms with Crippen molar-refractivity contribution in [2.24, 2.45) is 5.92 Å². The van der Waals surface area contributed by atoms with Gasteiger partial charge in [0.2, 0.25) is 0 Å². The van der Waals surface area contributed by atoms with E-state index in [9.17, 15) is 4.79 Å². The number of aromatic nitrogens is 2. The molecule has 0 spiro atoms. The van der Waals surface area contributed by atoms with E-state index < -0.39 is 0 Å². The smallest absolute Gasteiger partial charge is 0.257 e. The summed E-state index contributed by atoms with van der Waals surface area (Å²) < 4.78 is 2.11. The Hall–Kier alpha value is -2.99. The Kier molecular flexibility index (Phi) is 5.98. The number of amides is 1. The van der Waals surface area contributed by atoms with Crippen molar-refractivity contribution in [3.8, 4) is 0 Å². The van der Waals surface area contributed by atoms with E-state index in [-0.39, 0.29) is 17.1 Å². The maximum Gasteiger partial charge on any atom is 0.257 e. The van der Waals surface area contributed by atoms with Gasteiger partial charge in [-0.15, -0.1) is 0 Å². The molecule has 6 heteroatoms. The third kappa shape index (κ3) is 4.80. The molecule has 0 bridgehead atoms. The lowest BCUT2D eigenvalue weighted by atomic mass is 9.95. The van der Waals surface area contributed by atoms with Crippen LogP contribution in [-0.2, 0) is 0 Å². The van der Waals surface area contributed by atoms with Gasteiger partial charge in [0.25, 0.3) is 5.91 Å². The molecule has 5 nitrogen and oxygen atoms in total. The van der Waals surface area contributed by atoms with Gasteiger partial charge in [0.1, 0.15) is 0 Å². The third-order valence-electron chi connectivity index (χ3n) is 4.25. The lowest BCUT2D eigenvalue weighted by molar-refractivity contribution is 0.0977. The van der Waals surface area contributed by atoms with Crippen LogP contribution < -0.4 is 10.6 Å². The summed E-state index contributed by atoms with van der Waals surface area (Å²) in [6.45, 7) is 4.37. The normalized spacial score (nSPS) is 11.8. The van der Waals surface area contributed by atoms with Gasteiger partial charge >= 0.3 is 0 Å². The van der Waals surface area contributed by atoms with Crippen LogP contribution in [0.5, 0.6) is 0 Å². The van der Waals surface area contributed by atoms with Crippen LogP contribution in [0.15, 0.2) is 73.3 Å². The Morgan fingerprint density at radius 3 is 2.37 bits per heavy atom.